The largest absolute Gasteiger partial charge is 0.481 e. The molecule has 0 spiro atoms. The SMILES string of the molecule is COc1ncc(-c2ccccc2)cc1C(c1ccccc1)C(O)(CCN(C)C)c1cc(F)cc(F)c1. The molecular formula is C30H30F2N2O2. The van der Waals surface area contributed by atoms with Crippen molar-refractivity contribution in [3.63, 3.8) is 0 Å². The van der Waals surface area contributed by atoms with Crippen LogP contribution in [0.15, 0.2) is 91.1 Å². The third-order valence-electron chi connectivity index (χ3n) is 6.40. The van der Waals surface area contributed by atoms with Gasteiger partial charge in [0, 0.05) is 35.9 Å². The summed E-state index contributed by atoms with van der Waals surface area (Å²) in [7, 11) is 5.31. The van der Waals surface area contributed by atoms with Crippen molar-refractivity contribution >= 4 is 0 Å². The number of rotatable bonds is 9. The van der Waals surface area contributed by atoms with E-state index in [1.54, 1.807) is 6.20 Å². The van der Waals surface area contributed by atoms with Crippen molar-refractivity contribution in [2.24, 2.45) is 0 Å². The Labute approximate surface area is 210 Å². The Bertz CT molecular complexity index is 1280. The lowest BCUT2D eigenvalue weighted by atomic mass is 9.71. The average Bonchev–Trinajstić information content (AvgIpc) is 2.88. The fraction of sp³-hybridized carbons (Fsp3) is 0.233. The van der Waals surface area contributed by atoms with Gasteiger partial charge < -0.3 is 14.7 Å². The van der Waals surface area contributed by atoms with Gasteiger partial charge in [-0.1, -0.05) is 60.7 Å². The summed E-state index contributed by atoms with van der Waals surface area (Å²) in [6.07, 6.45) is 1.93. The Morgan fingerprint density at radius 2 is 1.50 bits per heavy atom. The Kier molecular flexibility index (Phi) is 7.77. The summed E-state index contributed by atoms with van der Waals surface area (Å²) in [5.41, 5.74) is 1.66. The van der Waals surface area contributed by atoms with Crippen LogP contribution in [0.2, 0.25) is 0 Å². The first-order valence-corrected chi connectivity index (χ1v) is 11.8. The highest BCUT2D eigenvalue weighted by molar-refractivity contribution is 5.65. The molecule has 4 rings (SSSR count). The third kappa shape index (κ3) is 5.45. The van der Waals surface area contributed by atoms with Crippen molar-refractivity contribution in [3.05, 3.63) is 119 Å². The van der Waals surface area contributed by atoms with E-state index in [4.69, 9.17) is 4.74 Å². The van der Waals surface area contributed by atoms with Gasteiger partial charge in [0.25, 0.3) is 0 Å². The van der Waals surface area contributed by atoms with Crippen LogP contribution < -0.4 is 4.74 Å². The number of benzene rings is 3. The van der Waals surface area contributed by atoms with E-state index < -0.39 is 23.2 Å². The minimum absolute atomic E-state index is 0.155. The van der Waals surface area contributed by atoms with E-state index in [0.29, 0.717) is 18.0 Å². The molecule has 0 aliphatic carbocycles. The van der Waals surface area contributed by atoms with Crippen LogP contribution in [0.25, 0.3) is 11.1 Å². The first-order valence-electron chi connectivity index (χ1n) is 11.8. The zero-order chi connectivity index (χ0) is 25.7. The van der Waals surface area contributed by atoms with E-state index in [1.165, 1.54) is 19.2 Å². The van der Waals surface area contributed by atoms with Crippen LogP contribution in [-0.2, 0) is 5.60 Å². The maximum absolute atomic E-state index is 14.5. The van der Waals surface area contributed by atoms with E-state index in [1.807, 2.05) is 85.7 Å². The lowest BCUT2D eigenvalue weighted by Crippen LogP contribution is -2.38. The molecule has 1 aromatic heterocycles. The molecule has 0 saturated heterocycles. The third-order valence-corrected chi connectivity index (χ3v) is 6.40. The topological polar surface area (TPSA) is 45.6 Å². The Balaban J connectivity index is 2.00. The number of pyridine rings is 1. The molecule has 186 valence electrons. The van der Waals surface area contributed by atoms with Crippen molar-refractivity contribution in [1.29, 1.82) is 0 Å². The molecule has 4 aromatic rings. The van der Waals surface area contributed by atoms with Crippen molar-refractivity contribution in [2.45, 2.75) is 17.9 Å². The smallest absolute Gasteiger partial charge is 0.217 e. The number of hydrogen-bond acceptors (Lipinski definition) is 4. The maximum Gasteiger partial charge on any atom is 0.217 e. The molecule has 1 N–H and O–H groups in total. The van der Waals surface area contributed by atoms with Gasteiger partial charge in [-0.05, 0) is 55.4 Å². The van der Waals surface area contributed by atoms with Gasteiger partial charge >= 0.3 is 0 Å². The van der Waals surface area contributed by atoms with Crippen molar-refractivity contribution in [1.82, 2.24) is 9.88 Å². The van der Waals surface area contributed by atoms with E-state index >= 15 is 0 Å². The van der Waals surface area contributed by atoms with Crippen LogP contribution in [0.5, 0.6) is 5.88 Å². The summed E-state index contributed by atoms with van der Waals surface area (Å²) in [6, 6.07) is 24.4. The molecule has 3 aromatic carbocycles. The molecule has 2 atom stereocenters. The second-order valence-corrected chi connectivity index (χ2v) is 9.17. The van der Waals surface area contributed by atoms with Crippen molar-refractivity contribution in [2.75, 3.05) is 27.7 Å². The first kappa shape index (κ1) is 25.5. The molecule has 0 bridgehead atoms. The molecule has 0 amide bonds. The van der Waals surface area contributed by atoms with Crippen LogP contribution in [0, 0.1) is 11.6 Å². The van der Waals surface area contributed by atoms with Crippen LogP contribution in [0.1, 0.15) is 29.0 Å². The predicted octanol–water partition coefficient (Wildman–Crippen LogP) is 6.01. The fourth-order valence-electron chi connectivity index (χ4n) is 4.65. The number of aromatic nitrogens is 1. The zero-order valence-corrected chi connectivity index (χ0v) is 20.7. The molecule has 0 aliphatic rings. The highest BCUT2D eigenvalue weighted by Gasteiger charge is 2.42. The van der Waals surface area contributed by atoms with Gasteiger partial charge in [-0.15, -0.1) is 0 Å². The van der Waals surface area contributed by atoms with Crippen LogP contribution in [0.3, 0.4) is 0 Å². The quantitative estimate of drug-likeness (QED) is 0.314. The molecule has 2 unspecified atom stereocenters. The molecule has 0 fully saturated rings. The van der Waals surface area contributed by atoms with E-state index in [9.17, 15) is 13.9 Å². The van der Waals surface area contributed by atoms with Crippen LogP contribution in [0.4, 0.5) is 8.78 Å². The van der Waals surface area contributed by atoms with Crippen LogP contribution in [-0.4, -0.2) is 42.7 Å². The number of nitrogens with zero attached hydrogens (tertiary/aromatic N) is 2. The monoisotopic (exact) mass is 488 g/mol. The summed E-state index contributed by atoms with van der Waals surface area (Å²) in [5, 5.41) is 12.5. The van der Waals surface area contributed by atoms with E-state index in [-0.39, 0.29) is 12.0 Å². The number of hydrogen-bond donors (Lipinski definition) is 1. The molecule has 0 aliphatic heterocycles. The van der Waals surface area contributed by atoms with Gasteiger partial charge in [0.05, 0.1) is 7.11 Å². The second-order valence-electron chi connectivity index (χ2n) is 9.17. The lowest BCUT2D eigenvalue weighted by molar-refractivity contribution is 0.00322. The highest BCUT2D eigenvalue weighted by Crippen LogP contribution is 2.47. The van der Waals surface area contributed by atoms with Gasteiger partial charge in [-0.3, -0.25) is 0 Å². The number of ether oxygens (including phenoxy) is 1. The van der Waals surface area contributed by atoms with Crippen LogP contribution >= 0.6 is 0 Å². The van der Waals surface area contributed by atoms with Gasteiger partial charge in [0.2, 0.25) is 5.88 Å². The van der Waals surface area contributed by atoms with Crippen molar-refractivity contribution < 1.29 is 18.6 Å². The summed E-state index contributed by atoms with van der Waals surface area (Å²) >= 11 is 0. The molecule has 36 heavy (non-hydrogen) atoms. The van der Waals surface area contributed by atoms with E-state index in [0.717, 1.165) is 22.8 Å². The summed E-state index contributed by atoms with van der Waals surface area (Å²) in [4.78, 5) is 6.49. The zero-order valence-electron chi connectivity index (χ0n) is 20.7. The number of methoxy groups -OCH3 is 1. The normalized spacial score (nSPS) is 13.9. The second kappa shape index (κ2) is 11.0. The summed E-state index contributed by atoms with van der Waals surface area (Å²) < 4.78 is 34.6. The van der Waals surface area contributed by atoms with Gasteiger partial charge in [0.1, 0.15) is 17.2 Å². The summed E-state index contributed by atoms with van der Waals surface area (Å²) in [6.45, 7) is 0.478. The van der Waals surface area contributed by atoms with Crippen molar-refractivity contribution in [3.8, 4) is 17.0 Å². The van der Waals surface area contributed by atoms with Gasteiger partial charge in [-0.25, -0.2) is 13.8 Å². The number of aliphatic hydroxyl groups is 1. The molecule has 6 heteroatoms. The standard InChI is InChI=1S/C30H30F2N2O2/c1-34(2)15-14-30(35,24-17-25(31)19-26(32)18-24)28(22-12-8-5-9-13-22)27-16-23(20-33-29(27)36-3)21-10-6-4-7-11-21/h4-13,16-20,28,35H,14-15H2,1-3H3. The highest BCUT2D eigenvalue weighted by atomic mass is 19.1. The molecular weight excluding hydrogens is 458 g/mol. The maximum atomic E-state index is 14.5. The Hall–Kier alpha value is -3.61. The Morgan fingerprint density at radius 3 is 2.08 bits per heavy atom. The molecule has 4 nitrogen and oxygen atoms in total. The predicted molar refractivity (Wildman–Crippen MR) is 138 cm³/mol. The average molecular weight is 489 g/mol. The van der Waals surface area contributed by atoms with Gasteiger partial charge in [0.15, 0.2) is 0 Å². The van der Waals surface area contributed by atoms with Gasteiger partial charge in [-0.2, -0.15) is 0 Å². The minimum atomic E-state index is -1.68. The summed E-state index contributed by atoms with van der Waals surface area (Å²) in [5.74, 6) is -1.89. The van der Waals surface area contributed by atoms with E-state index in [2.05, 4.69) is 4.98 Å². The minimum Gasteiger partial charge on any atom is -0.481 e. The fourth-order valence-corrected chi connectivity index (χ4v) is 4.65. The molecule has 0 radical (unpaired) electrons. The molecule has 0 saturated carbocycles. The Morgan fingerprint density at radius 1 is 0.889 bits per heavy atom. The molecule has 1 heterocycles. The number of halogens is 2. The first-order chi connectivity index (χ1) is 17.3. The lowest BCUT2D eigenvalue weighted by Gasteiger charge is -2.39.